The lowest BCUT2D eigenvalue weighted by molar-refractivity contribution is -0.160. The van der Waals surface area contributed by atoms with Gasteiger partial charge in [0.2, 0.25) is 11.4 Å². The molecule has 23 heavy (non-hydrogen) atoms. The van der Waals surface area contributed by atoms with E-state index in [0.717, 1.165) is 19.3 Å². The summed E-state index contributed by atoms with van der Waals surface area (Å²) in [6, 6.07) is 6.32. The van der Waals surface area contributed by atoms with Gasteiger partial charge in [0.1, 0.15) is 5.75 Å². The van der Waals surface area contributed by atoms with E-state index in [4.69, 9.17) is 9.47 Å². The van der Waals surface area contributed by atoms with E-state index in [0.29, 0.717) is 12.2 Å². The number of benzene rings is 1. The Morgan fingerprint density at radius 1 is 1.09 bits per heavy atom. The first-order chi connectivity index (χ1) is 11.0. The maximum atomic E-state index is 12.7. The van der Waals surface area contributed by atoms with Crippen LogP contribution in [0, 0.1) is 0 Å². The molecule has 0 aliphatic rings. The van der Waals surface area contributed by atoms with Crippen molar-refractivity contribution in [3.05, 3.63) is 29.8 Å². The zero-order valence-electron chi connectivity index (χ0n) is 14.1. The molecule has 0 saturated carbocycles. The molecule has 0 bridgehead atoms. The van der Waals surface area contributed by atoms with E-state index in [1.165, 1.54) is 19.2 Å². The van der Waals surface area contributed by atoms with Crippen LogP contribution >= 0.6 is 0 Å². The SMILES string of the molecule is CCCCCCC(O)(C(=O)OCC)C(=O)c1ccc(OC)cc1. The normalized spacial score (nSPS) is 13.2. The van der Waals surface area contributed by atoms with E-state index in [-0.39, 0.29) is 18.6 Å². The summed E-state index contributed by atoms with van der Waals surface area (Å²) in [6.07, 6.45) is 3.54. The van der Waals surface area contributed by atoms with E-state index in [1.54, 1.807) is 19.1 Å². The van der Waals surface area contributed by atoms with Crippen LogP contribution in [0.15, 0.2) is 24.3 Å². The fourth-order valence-electron chi connectivity index (χ4n) is 2.35. The lowest BCUT2D eigenvalue weighted by Gasteiger charge is -2.24. The highest BCUT2D eigenvalue weighted by Gasteiger charge is 2.45. The fraction of sp³-hybridized carbons (Fsp3) is 0.556. The Balaban J connectivity index is 2.96. The van der Waals surface area contributed by atoms with Gasteiger partial charge < -0.3 is 14.6 Å². The molecule has 0 amide bonds. The number of aliphatic hydroxyl groups is 1. The Kier molecular flexibility index (Phi) is 7.75. The lowest BCUT2D eigenvalue weighted by Crippen LogP contribution is -2.47. The van der Waals surface area contributed by atoms with Gasteiger partial charge in [0.25, 0.3) is 0 Å². The molecule has 0 aliphatic heterocycles. The van der Waals surface area contributed by atoms with E-state index >= 15 is 0 Å². The zero-order valence-corrected chi connectivity index (χ0v) is 14.1. The van der Waals surface area contributed by atoms with E-state index in [2.05, 4.69) is 6.92 Å². The van der Waals surface area contributed by atoms with Crippen LogP contribution in [0.3, 0.4) is 0 Å². The topological polar surface area (TPSA) is 72.8 Å². The zero-order chi connectivity index (χ0) is 17.3. The Labute approximate surface area is 137 Å². The minimum Gasteiger partial charge on any atom is -0.497 e. The molecule has 0 aliphatic carbocycles. The largest absolute Gasteiger partial charge is 0.497 e. The fourth-order valence-corrected chi connectivity index (χ4v) is 2.35. The molecule has 1 atom stereocenters. The van der Waals surface area contributed by atoms with Crippen molar-refractivity contribution in [1.29, 1.82) is 0 Å². The molecule has 0 radical (unpaired) electrons. The average Bonchev–Trinajstić information content (AvgIpc) is 2.58. The number of hydrogen-bond donors (Lipinski definition) is 1. The summed E-state index contributed by atoms with van der Waals surface area (Å²) in [6.45, 7) is 3.83. The van der Waals surface area contributed by atoms with Crippen LogP contribution in [0.1, 0.15) is 56.3 Å². The maximum absolute atomic E-state index is 12.7. The van der Waals surface area contributed by atoms with Gasteiger partial charge in [0.05, 0.1) is 13.7 Å². The van der Waals surface area contributed by atoms with Crippen molar-refractivity contribution in [3.63, 3.8) is 0 Å². The summed E-state index contributed by atoms with van der Waals surface area (Å²) in [5.74, 6) is -0.906. The minimum absolute atomic E-state index is 0.0662. The van der Waals surface area contributed by atoms with E-state index < -0.39 is 17.4 Å². The second kappa shape index (κ2) is 9.30. The standard InChI is InChI=1S/C18H26O5/c1-4-6-7-8-13-18(21,17(20)23-5-2)16(19)14-9-11-15(22-3)12-10-14/h9-12,21H,4-8,13H2,1-3H3. The summed E-state index contributed by atoms with van der Waals surface area (Å²) < 4.78 is 9.96. The predicted octanol–water partition coefficient (Wildman–Crippen LogP) is 3.14. The van der Waals surface area contributed by atoms with Crippen molar-refractivity contribution in [2.75, 3.05) is 13.7 Å². The highest BCUT2D eigenvalue weighted by atomic mass is 16.5. The quantitative estimate of drug-likeness (QED) is 0.310. The lowest BCUT2D eigenvalue weighted by atomic mass is 9.87. The molecule has 0 saturated heterocycles. The molecule has 0 aromatic heterocycles. The third-order valence-corrected chi connectivity index (χ3v) is 3.73. The molecule has 1 N–H and O–H groups in total. The molecule has 5 heteroatoms. The average molecular weight is 322 g/mol. The van der Waals surface area contributed by atoms with Crippen LogP contribution in [0.2, 0.25) is 0 Å². The van der Waals surface area contributed by atoms with Crippen LogP contribution in [0.4, 0.5) is 0 Å². The van der Waals surface area contributed by atoms with E-state index in [1.807, 2.05) is 0 Å². The van der Waals surface area contributed by atoms with Crippen molar-refractivity contribution >= 4 is 11.8 Å². The first kappa shape index (κ1) is 19.2. The van der Waals surface area contributed by atoms with Gasteiger partial charge in [0, 0.05) is 5.56 Å². The van der Waals surface area contributed by atoms with Crippen LogP contribution in [0.5, 0.6) is 5.75 Å². The molecule has 128 valence electrons. The summed E-state index contributed by atoms with van der Waals surface area (Å²) in [5.41, 5.74) is -1.87. The van der Waals surface area contributed by atoms with Gasteiger partial charge >= 0.3 is 5.97 Å². The molecule has 0 heterocycles. The highest BCUT2D eigenvalue weighted by Crippen LogP contribution is 2.24. The van der Waals surface area contributed by atoms with Gasteiger partial charge in [-0.15, -0.1) is 0 Å². The molecule has 1 aromatic carbocycles. The maximum Gasteiger partial charge on any atom is 0.346 e. The van der Waals surface area contributed by atoms with E-state index in [9.17, 15) is 14.7 Å². The minimum atomic E-state index is -2.13. The summed E-state index contributed by atoms with van der Waals surface area (Å²) in [7, 11) is 1.53. The summed E-state index contributed by atoms with van der Waals surface area (Å²) in [4.78, 5) is 24.8. The molecule has 1 unspecified atom stereocenters. The van der Waals surface area contributed by atoms with Crippen molar-refractivity contribution in [1.82, 2.24) is 0 Å². The Morgan fingerprint density at radius 2 is 1.74 bits per heavy atom. The number of methoxy groups -OCH3 is 1. The molecule has 0 spiro atoms. The van der Waals surface area contributed by atoms with Crippen LogP contribution in [-0.2, 0) is 9.53 Å². The van der Waals surface area contributed by atoms with Crippen LogP contribution < -0.4 is 4.74 Å². The first-order valence-corrected chi connectivity index (χ1v) is 8.08. The number of hydrogen-bond acceptors (Lipinski definition) is 5. The molecule has 1 aromatic rings. The highest BCUT2D eigenvalue weighted by molar-refractivity contribution is 6.15. The van der Waals surface area contributed by atoms with Gasteiger partial charge in [0.15, 0.2) is 0 Å². The Hall–Kier alpha value is -1.88. The number of Topliss-reactive ketones (excluding diaryl/α,β-unsaturated/α-hetero) is 1. The number of esters is 1. The van der Waals surface area contributed by atoms with Crippen molar-refractivity contribution in [2.24, 2.45) is 0 Å². The Bertz CT molecular complexity index is 509. The first-order valence-electron chi connectivity index (χ1n) is 8.08. The molecular weight excluding hydrogens is 296 g/mol. The van der Waals surface area contributed by atoms with Gasteiger partial charge in [-0.3, -0.25) is 4.79 Å². The number of ether oxygens (including phenoxy) is 2. The monoisotopic (exact) mass is 322 g/mol. The predicted molar refractivity (Wildman–Crippen MR) is 87.7 cm³/mol. The van der Waals surface area contributed by atoms with Gasteiger partial charge in [-0.2, -0.15) is 0 Å². The summed E-state index contributed by atoms with van der Waals surface area (Å²) >= 11 is 0. The number of rotatable bonds is 10. The summed E-state index contributed by atoms with van der Waals surface area (Å²) in [5, 5.41) is 10.7. The second-order valence-corrected chi connectivity index (χ2v) is 5.45. The third-order valence-electron chi connectivity index (χ3n) is 3.73. The number of carbonyl (C=O) groups excluding carboxylic acids is 2. The molecular formula is C18H26O5. The molecule has 0 fully saturated rings. The smallest absolute Gasteiger partial charge is 0.346 e. The number of unbranched alkanes of at least 4 members (excludes halogenated alkanes) is 3. The number of ketones is 1. The van der Waals surface area contributed by atoms with Crippen molar-refractivity contribution in [3.8, 4) is 5.75 Å². The van der Waals surface area contributed by atoms with Crippen molar-refractivity contribution in [2.45, 2.75) is 51.6 Å². The van der Waals surface area contributed by atoms with Gasteiger partial charge in [-0.1, -0.05) is 26.2 Å². The van der Waals surface area contributed by atoms with Crippen molar-refractivity contribution < 1.29 is 24.2 Å². The van der Waals surface area contributed by atoms with Gasteiger partial charge in [-0.25, -0.2) is 4.79 Å². The van der Waals surface area contributed by atoms with Gasteiger partial charge in [-0.05, 0) is 44.0 Å². The Morgan fingerprint density at radius 3 is 2.26 bits per heavy atom. The van der Waals surface area contributed by atoms with Crippen LogP contribution in [-0.4, -0.2) is 36.2 Å². The number of carbonyl (C=O) groups is 2. The van der Waals surface area contributed by atoms with Crippen LogP contribution in [0.25, 0.3) is 0 Å². The molecule has 5 nitrogen and oxygen atoms in total. The second-order valence-electron chi connectivity index (χ2n) is 5.45. The molecule has 1 rings (SSSR count). The third kappa shape index (κ3) is 5.06.